The molecule has 30 heavy (non-hydrogen) atoms. The van der Waals surface area contributed by atoms with E-state index in [1.54, 1.807) is 25.1 Å². The maximum atomic E-state index is 12.6. The molecule has 0 spiro atoms. The van der Waals surface area contributed by atoms with Crippen LogP contribution < -0.4 is 5.32 Å². The van der Waals surface area contributed by atoms with E-state index in [9.17, 15) is 14.4 Å². The van der Waals surface area contributed by atoms with Crippen molar-refractivity contribution in [3.05, 3.63) is 74.5 Å². The monoisotopic (exact) mass is 448 g/mol. The SMILES string of the molecule is Cc1c(C(=O)Nc2cc(C(=O)O)cc(C(=O)O)c2)nnn1Cc1ccc(Cl)c(Cl)c1. The van der Waals surface area contributed by atoms with Crippen LogP contribution in [0.15, 0.2) is 36.4 Å². The van der Waals surface area contributed by atoms with Crippen LogP contribution in [0.2, 0.25) is 10.0 Å². The van der Waals surface area contributed by atoms with Gasteiger partial charge in [-0.3, -0.25) is 4.79 Å². The van der Waals surface area contributed by atoms with Crippen molar-refractivity contribution < 1.29 is 24.6 Å². The first-order valence-corrected chi connectivity index (χ1v) is 9.18. The fourth-order valence-electron chi connectivity index (χ4n) is 2.67. The summed E-state index contributed by atoms with van der Waals surface area (Å²) in [7, 11) is 0. The third-order valence-corrected chi connectivity index (χ3v) is 4.94. The average Bonchev–Trinajstić information content (AvgIpc) is 3.04. The first-order chi connectivity index (χ1) is 14.2. The molecule has 0 atom stereocenters. The zero-order chi connectivity index (χ0) is 22.0. The topological polar surface area (TPSA) is 134 Å². The number of aromatic nitrogens is 3. The number of nitrogens with zero attached hydrogens (tertiary/aromatic N) is 3. The van der Waals surface area contributed by atoms with Crippen LogP contribution in [0.4, 0.5) is 5.69 Å². The summed E-state index contributed by atoms with van der Waals surface area (Å²) in [6, 6.07) is 8.40. The smallest absolute Gasteiger partial charge is 0.335 e. The van der Waals surface area contributed by atoms with Crippen LogP contribution in [-0.2, 0) is 6.54 Å². The van der Waals surface area contributed by atoms with E-state index in [2.05, 4.69) is 15.6 Å². The van der Waals surface area contributed by atoms with E-state index in [-0.39, 0.29) is 22.5 Å². The number of amides is 1. The molecule has 1 heterocycles. The molecule has 0 radical (unpaired) electrons. The second kappa shape index (κ2) is 8.52. The van der Waals surface area contributed by atoms with E-state index in [4.69, 9.17) is 33.4 Å². The lowest BCUT2D eigenvalue weighted by atomic mass is 10.1. The van der Waals surface area contributed by atoms with Crippen LogP contribution in [0.1, 0.15) is 42.5 Å². The molecule has 0 saturated carbocycles. The van der Waals surface area contributed by atoms with E-state index in [0.29, 0.717) is 22.3 Å². The molecule has 0 aliphatic heterocycles. The van der Waals surface area contributed by atoms with Gasteiger partial charge in [-0.15, -0.1) is 5.10 Å². The lowest BCUT2D eigenvalue weighted by molar-refractivity contribution is 0.0696. The summed E-state index contributed by atoms with van der Waals surface area (Å²) in [4.78, 5) is 35.0. The molecular weight excluding hydrogens is 435 g/mol. The lowest BCUT2D eigenvalue weighted by Crippen LogP contribution is -2.15. The van der Waals surface area contributed by atoms with E-state index < -0.39 is 17.8 Å². The van der Waals surface area contributed by atoms with Crippen molar-refractivity contribution in [1.29, 1.82) is 0 Å². The van der Waals surface area contributed by atoms with E-state index in [0.717, 1.165) is 23.8 Å². The van der Waals surface area contributed by atoms with Crippen LogP contribution in [0.3, 0.4) is 0 Å². The second-order valence-electron chi connectivity index (χ2n) is 6.29. The predicted molar refractivity (Wildman–Crippen MR) is 109 cm³/mol. The minimum atomic E-state index is -1.32. The standard InChI is InChI=1S/C19H14Cl2N4O5/c1-9-16(23-24-25(9)8-10-2-3-14(20)15(21)4-10)17(26)22-13-6-11(18(27)28)5-12(7-13)19(29)30/h2-7H,8H2,1H3,(H,22,26)(H,27,28)(H,29,30). The highest BCUT2D eigenvalue weighted by Crippen LogP contribution is 2.23. The lowest BCUT2D eigenvalue weighted by Gasteiger charge is -2.08. The summed E-state index contributed by atoms with van der Waals surface area (Å²) in [5.41, 5.74) is 0.717. The molecule has 3 rings (SSSR count). The van der Waals surface area contributed by atoms with Gasteiger partial charge in [-0.1, -0.05) is 34.5 Å². The number of anilines is 1. The van der Waals surface area contributed by atoms with Gasteiger partial charge in [0, 0.05) is 5.69 Å². The number of hydrogen-bond acceptors (Lipinski definition) is 5. The van der Waals surface area contributed by atoms with Gasteiger partial charge in [0.2, 0.25) is 0 Å². The molecule has 0 aliphatic rings. The number of carboxylic acids is 2. The molecule has 1 aromatic heterocycles. The minimum absolute atomic E-state index is 0.00710. The quantitative estimate of drug-likeness (QED) is 0.524. The highest BCUT2D eigenvalue weighted by molar-refractivity contribution is 6.42. The molecule has 0 unspecified atom stereocenters. The van der Waals surface area contributed by atoms with Gasteiger partial charge in [-0.25, -0.2) is 14.3 Å². The normalized spacial score (nSPS) is 10.6. The Balaban J connectivity index is 1.84. The van der Waals surface area contributed by atoms with E-state index in [1.807, 2.05) is 0 Å². The number of rotatable bonds is 6. The molecule has 11 heteroatoms. The zero-order valence-electron chi connectivity index (χ0n) is 15.4. The zero-order valence-corrected chi connectivity index (χ0v) is 16.9. The molecule has 3 aromatic rings. The highest BCUT2D eigenvalue weighted by Gasteiger charge is 2.19. The largest absolute Gasteiger partial charge is 0.478 e. The Morgan fingerprint density at radius 1 is 1.00 bits per heavy atom. The highest BCUT2D eigenvalue weighted by atomic mass is 35.5. The molecule has 0 bridgehead atoms. The number of halogens is 2. The predicted octanol–water partition coefficient (Wildman–Crippen LogP) is 3.59. The summed E-state index contributed by atoms with van der Waals surface area (Å²) >= 11 is 11.9. The molecule has 154 valence electrons. The molecule has 0 aliphatic carbocycles. The van der Waals surface area contributed by atoms with Gasteiger partial charge in [-0.2, -0.15) is 0 Å². The summed E-state index contributed by atoms with van der Waals surface area (Å²) in [5.74, 6) is -3.30. The molecule has 3 N–H and O–H groups in total. The Hall–Kier alpha value is -3.43. The number of aromatic carboxylic acids is 2. The van der Waals surface area contributed by atoms with Crippen molar-refractivity contribution in [3.8, 4) is 0 Å². The van der Waals surface area contributed by atoms with Crippen LogP contribution in [0.5, 0.6) is 0 Å². The summed E-state index contributed by atoms with van der Waals surface area (Å²) in [5, 5.41) is 29.4. The van der Waals surface area contributed by atoms with Crippen molar-refractivity contribution in [2.24, 2.45) is 0 Å². The molecule has 0 saturated heterocycles. The van der Waals surface area contributed by atoms with Crippen molar-refractivity contribution in [2.45, 2.75) is 13.5 Å². The number of hydrogen-bond donors (Lipinski definition) is 3. The number of carbonyl (C=O) groups is 3. The Labute approximate surface area is 179 Å². The van der Waals surface area contributed by atoms with Gasteiger partial charge in [0.25, 0.3) is 5.91 Å². The van der Waals surface area contributed by atoms with Crippen LogP contribution in [0, 0.1) is 6.92 Å². The van der Waals surface area contributed by atoms with Gasteiger partial charge in [0.1, 0.15) is 0 Å². The van der Waals surface area contributed by atoms with Crippen molar-refractivity contribution in [2.75, 3.05) is 5.32 Å². The molecule has 0 fully saturated rings. The van der Waals surface area contributed by atoms with Crippen molar-refractivity contribution in [3.63, 3.8) is 0 Å². The fraction of sp³-hybridized carbons (Fsp3) is 0.105. The fourth-order valence-corrected chi connectivity index (χ4v) is 2.99. The van der Waals surface area contributed by atoms with Crippen molar-refractivity contribution >= 4 is 46.7 Å². The molecule has 1 amide bonds. The Kier molecular flexibility index (Phi) is 6.04. The first-order valence-electron chi connectivity index (χ1n) is 8.42. The van der Waals surface area contributed by atoms with Gasteiger partial charge in [0.05, 0.1) is 33.4 Å². The van der Waals surface area contributed by atoms with Crippen LogP contribution in [0.25, 0.3) is 0 Å². The van der Waals surface area contributed by atoms with Gasteiger partial charge in [-0.05, 0) is 42.8 Å². The Morgan fingerprint density at radius 3 is 2.20 bits per heavy atom. The summed E-state index contributed by atoms with van der Waals surface area (Å²) in [6.45, 7) is 1.93. The Morgan fingerprint density at radius 2 is 1.63 bits per heavy atom. The summed E-state index contributed by atoms with van der Waals surface area (Å²) in [6.07, 6.45) is 0. The molecule has 2 aromatic carbocycles. The average molecular weight is 449 g/mol. The number of carbonyl (C=O) groups excluding carboxylic acids is 1. The van der Waals surface area contributed by atoms with E-state index >= 15 is 0 Å². The number of benzene rings is 2. The number of carboxylic acid groups (broad SMARTS) is 2. The van der Waals surface area contributed by atoms with E-state index in [1.165, 1.54) is 4.68 Å². The van der Waals surface area contributed by atoms with Gasteiger partial charge in [0.15, 0.2) is 5.69 Å². The Bertz CT molecular complexity index is 1140. The summed E-state index contributed by atoms with van der Waals surface area (Å²) < 4.78 is 1.49. The first kappa shape index (κ1) is 21.3. The third kappa shape index (κ3) is 4.58. The molecule has 9 nitrogen and oxygen atoms in total. The number of nitrogens with one attached hydrogen (secondary N) is 1. The van der Waals surface area contributed by atoms with Crippen molar-refractivity contribution in [1.82, 2.24) is 15.0 Å². The second-order valence-corrected chi connectivity index (χ2v) is 7.11. The molecular formula is C19H14Cl2N4O5. The van der Waals surface area contributed by atoms with Crippen LogP contribution >= 0.6 is 23.2 Å². The van der Waals surface area contributed by atoms with Gasteiger partial charge < -0.3 is 15.5 Å². The van der Waals surface area contributed by atoms with Crippen LogP contribution in [-0.4, -0.2) is 43.1 Å². The maximum Gasteiger partial charge on any atom is 0.335 e. The van der Waals surface area contributed by atoms with Gasteiger partial charge >= 0.3 is 11.9 Å². The maximum absolute atomic E-state index is 12.6. The third-order valence-electron chi connectivity index (χ3n) is 4.20. The minimum Gasteiger partial charge on any atom is -0.478 e.